The number of carbonyl (C=O) groups excluding carboxylic acids is 2. The number of nitrogens with one attached hydrogen (secondary N) is 1. The van der Waals surface area contributed by atoms with E-state index in [1.54, 1.807) is 39.0 Å². The highest BCUT2D eigenvalue weighted by molar-refractivity contribution is 5.79. The molecule has 7 nitrogen and oxygen atoms in total. The summed E-state index contributed by atoms with van der Waals surface area (Å²) in [6.45, 7) is 4.91. The van der Waals surface area contributed by atoms with Crippen molar-refractivity contribution in [2.75, 3.05) is 7.11 Å². The number of methoxy groups -OCH3 is 1. The van der Waals surface area contributed by atoms with Gasteiger partial charge in [0.25, 0.3) is 0 Å². The van der Waals surface area contributed by atoms with Crippen molar-refractivity contribution in [1.82, 2.24) is 5.32 Å². The molecule has 2 atom stereocenters. The van der Waals surface area contributed by atoms with Gasteiger partial charge in [0, 0.05) is 5.56 Å². The van der Waals surface area contributed by atoms with Gasteiger partial charge in [-0.1, -0.05) is 18.2 Å². The average molecular weight is 310 g/mol. The lowest BCUT2D eigenvalue weighted by Crippen LogP contribution is -2.52. The van der Waals surface area contributed by atoms with Crippen LogP contribution >= 0.6 is 0 Å². The first kappa shape index (κ1) is 17.8. The molecule has 7 heteroatoms. The van der Waals surface area contributed by atoms with Gasteiger partial charge in [-0.05, 0) is 26.8 Å². The van der Waals surface area contributed by atoms with Crippen molar-refractivity contribution in [1.29, 1.82) is 0 Å². The smallest absolute Gasteiger partial charge is 0.408 e. The van der Waals surface area contributed by atoms with Crippen LogP contribution in [0.4, 0.5) is 4.79 Å². The van der Waals surface area contributed by atoms with E-state index in [4.69, 9.17) is 9.47 Å². The first-order valence-electron chi connectivity index (χ1n) is 6.67. The summed E-state index contributed by atoms with van der Waals surface area (Å²) in [7, 11) is 1.39. The predicted octanol–water partition coefficient (Wildman–Crippen LogP) is 0.372. The molecule has 0 saturated heterocycles. The van der Waals surface area contributed by atoms with Gasteiger partial charge in [-0.3, -0.25) is 0 Å². The second-order valence-electron chi connectivity index (χ2n) is 5.63. The van der Waals surface area contributed by atoms with E-state index in [9.17, 15) is 19.8 Å². The number of alkyl carbamates (subject to hydrolysis) is 1. The minimum atomic E-state index is -1.67. The van der Waals surface area contributed by atoms with Crippen LogP contribution in [-0.2, 0) is 9.53 Å². The molecule has 0 aliphatic carbocycles. The number of benzene rings is 1. The van der Waals surface area contributed by atoms with E-state index in [0.29, 0.717) is 5.75 Å². The Morgan fingerprint density at radius 3 is 2.36 bits per heavy atom. The van der Waals surface area contributed by atoms with Crippen LogP contribution in [0.3, 0.4) is 0 Å². The molecule has 0 aromatic heterocycles. The fourth-order valence-electron chi connectivity index (χ4n) is 1.79. The van der Waals surface area contributed by atoms with E-state index in [0.717, 1.165) is 0 Å². The van der Waals surface area contributed by atoms with E-state index < -0.39 is 29.8 Å². The van der Waals surface area contributed by atoms with Gasteiger partial charge in [0.1, 0.15) is 23.5 Å². The lowest BCUT2D eigenvalue weighted by atomic mass is 10.0. The number of carboxylic acids is 1. The quantitative estimate of drug-likeness (QED) is 0.813. The van der Waals surface area contributed by atoms with Crippen LogP contribution in [-0.4, -0.2) is 35.9 Å². The maximum atomic E-state index is 11.7. The molecule has 0 radical (unpaired) electrons. The number of aliphatic hydroxyl groups excluding tert-OH is 1. The van der Waals surface area contributed by atoms with Crippen molar-refractivity contribution in [3.05, 3.63) is 29.8 Å². The fourth-order valence-corrected chi connectivity index (χ4v) is 1.79. The third kappa shape index (κ3) is 4.92. The number of carboxylic acid groups (broad SMARTS) is 1. The Hall–Kier alpha value is -2.28. The fraction of sp³-hybridized carbons (Fsp3) is 0.467. The maximum absolute atomic E-state index is 11.7. The summed E-state index contributed by atoms with van der Waals surface area (Å²) in [6.07, 6.45) is -2.51. The van der Waals surface area contributed by atoms with Crippen LogP contribution in [0.1, 0.15) is 32.4 Å². The summed E-state index contributed by atoms with van der Waals surface area (Å²) < 4.78 is 10.0. The molecule has 1 aromatic rings. The van der Waals surface area contributed by atoms with E-state index in [-0.39, 0.29) is 5.56 Å². The summed E-state index contributed by atoms with van der Waals surface area (Å²) >= 11 is 0. The normalized spacial score (nSPS) is 13.9. The maximum Gasteiger partial charge on any atom is 0.408 e. The van der Waals surface area contributed by atoms with E-state index in [1.165, 1.54) is 13.2 Å². The molecule has 1 amide bonds. The van der Waals surface area contributed by atoms with Gasteiger partial charge >= 0.3 is 6.09 Å². The number of hydrogen-bond acceptors (Lipinski definition) is 6. The number of amides is 1. The van der Waals surface area contributed by atoms with Crippen LogP contribution in [0.25, 0.3) is 0 Å². The molecule has 22 heavy (non-hydrogen) atoms. The van der Waals surface area contributed by atoms with Gasteiger partial charge < -0.3 is 29.8 Å². The Kier molecular flexibility index (Phi) is 5.76. The topological polar surface area (TPSA) is 108 Å². The van der Waals surface area contributed by atoms with Crippen molar-refractivity contribution in [3.8, 4) is 5.75 Å². The highest BCUT2D eigenvalue weighted by Crippen LogP contribution is 2.27. The second-order valence-corrected chi connectivity index (χ2v) is 5.63. The van der Waals surface area contributed by atoms with Crippen molar-refractivity contribution in [2.24, 2.45) is 0 Å². The summed E-state index contributed by atoms with van der Waals surface area (Å²) in [6, 6.07) is 4.67. The standard InChI is InChI=1S/C15H21NO6/c1-15(2,3)22-14(20)16-11(13(18)19)12(17)9-7-5-6-8-10(9)21-4/h5-8,11-12,17H,1-4H3,(H,16,20)(H,18,19)/p-1/t11-,12-/m0/s1. The Bertz CT molecular complexity index is 537. The Balaban J connectivity index is 2.96. The van der Waals surface area contributed by atoms with Gasteiger partial charge in [-0.25, -0.2) is 4.79 Å². The Morgan fingerprint density at radius 1 is 1.27 bits per heavy atom. The van der Waals surface area contributed by atoms with E-state index >= 15 is 0 Å². The number of para-hydroxylation sites is 1. The van der Waals surface area contributed by atoms with Gasteiger partial charge in [0.15, 0.2) is 0 Å². The highest BCUT2D eigenvalue weighted by Gasteiger charge is 2.28. The minimum Gasteiger partial charge on any atom is -0.548 e. The summed E-state index contributed by atoms with van der Waals surface area (Å²) in [5, 5.41) is 23.6. The molecular weight excluding hydrogens is 290 g/mol. The van der Waals surface area contributed by atoms with Crippen LogP contribution in [0.2, 0.25) is 0 Å². The third-order valence-electron chi connectivity index (χ3n) is 2.70. The van der Waals surface area contributed by atoms with Gasteiger partial charge in [0.05, 0.1) is 13.1 Å². The number of aliphatic hydroxyl groups is 1. The number of aliphatic carboxylic acids is 1. The Labute approximate surface area is 128 Å². The SMILES string of the molecule is COc1ccccc1[C@H](O)[C@H](NC(=O)OC(C)(C)C)C(=O)[O-]. The molecule has 2 N–H and O–H groups in total. The zero-order valence-electron chi connectivity index (χ0n) is 13.0. The summed E-state index contributed by atoms with van der Waals surface area (Å²) in [5.74, 6) is -1.34. The minimum absolute atomic E-state index is 0.218. The lowest BCUT2D eigenvalue weighted by molar-refractivity contribution is -0.310. The second kappa shape index (κ2) is 7.13. The van der Waals surface area contributed by atoms with Crippen LogP contribution < -0.4 is 15.2 Å². The first-order valence-corrected chi connectivity index (χ1v) is 6.67. The zero-order chi connectivity index (χ0) is 16.9. The molecule has 122 valence electrons. The molecule has 0 bridgehead atoms. The molecule has 0 unspecified atom stereocenters. The molecule has 0 aliphatic heterocycles. The number of carbonyl (C=O) groups is 2. The highest BCUT2D eigenvalue weighted by atomic mass is 16.6. The van der Waals surface area contributed by atoms with Crippen molar-refractivity contribution in [2.45, 2.75) is 38.5 Å². The zero-order valence-corrected chi connectivity index (χ0v) is 13.0. The van der Waals surface area contributed by atoms with Crippen molar-refractivity contribution >= 4 is 12.1 Å². The van der Waals surface area contributed by atoms with Gasteiger partial charge in [-0.15, -0.1) is 0 Å². The van der Waals surface area contributed by atoms with Gasteiger partial charge in [-0.2, -0.15) is 0 Å². The summed E-state index contributed by atoms with van der Waals surface area (Å²) in [4.78, 5) is 22.9. The van der Waals surface area contributed by atoms with Crippen LogP contribution in [0, 0.1) is 0 Å². The van der Waals surface area contributed by atoms with Crippen LogP contribution in [0.5, 0.6) is 5.75 Å². The molecule has 0 saturated carbocycles. The number of hydrogen-bond donors (Lipinski definition) is 2. The molecule has 0 heterocycles. The van der Waals surface area contributed by atoms with E-state index in [1.807, 2.05) is 0 Å². The Morgan fingerprint density at radius 2 is 1.86 bits per heavy atom. The first-order chi connectivity index (χ1) is 10.2. The summed E-state index contributed by atoms with van der Waals surface area (Å²) in [5.41, 5.74) is -0.578. The monoisotopic (exact) mass is 310 g/mol. The largest absolute Gasteiger partial charge is 0.548 e. The molecule has 0 fully saturated rings. The molecule has 1 aromatic carbocycles. The van der Waals surface area contributed by atoms with E-state index in [2.05, 4.69) is 5.32 Å². The van der Waals surface area contributed by atoms with Gasteiger partial charge in [0.2, 0.25) is 0 Å². The predicted molar refractivity (Wildman–Crippen MR) is 76.1 cm³/mol. The van der Waals surface area contributed by atoms with Crippen molar-refractivity contribution in [3.63, 3.8) is 0 Å². The average Bonchev–Trinajstić information content (AvgIpc) is 2.41. The molecule has 0 spiro atoms. The number of rotatable bonds is 5. The number of ether oxygens (including phenoxy) is 2. The van der Waals surface area contributed by atoms with Crippen molar-refractivity contribution < 1.29 is 29.3 Å². The van der Waals surface area contributed by atoms with Crippen LogP contribution in [0.15, 0.2) is 24.3 Å². The lowest BCUT2D eigenvalue weighted by Gasteiger charge is -2.28. The third-order valence-corrected chi connectivity index (χ3v) is 2.70. The molecule has 0 aliphatic rings. The molecular formula is C15H20NO6-. The molecule has 1 rings (SSSR count).